The second-order valence-corrected chi connectivity index (χ2v) is 5.00. The first-order chi connectivity index (χ1) is 10.8. The first-order valence-corrected chi connectivity index (χ1v) is 7.11. The Hall–Kier alpha value is -2.95. The van der Waals surface area contributed by atoms with E-state index in [-0.39, 0.29) is 0 Å². The number of nitrogens with zero attached hydrogens (tertiary/aromatic N) is 3. The lowest BCUT2D eigenvalue weighted by molar-refractivity contribution is 0.966. The Bertz CT molecular complexity index is 726. The molecule has 0 radical (unpaired) electrons. The van der Waals surface area contributed by atoms with E-state index in [0.29, 0.717) is 18.3 Å². The molecule has 110 valence electrons. The Labute approximate surface area is 129 Å². The van der Waals surface area contributed by atoms with Gasteiger partial charge in [0.15, 0.2) is 5.82 Å². The summed E-state index contributed by atoms with van der Waals surface area (Å²) in [5, 5.41) is 14.3. The van der Waals surface area contributed by atoms with Crippen LogP contribution in [0.4, 0.5) is 17.5 Å². The Balaban J connectivity index is 1.65. The molecule has 3 aromatic rings. The molecule has 22 heavy (non-hydrogen) atoms. The number of rotatable bonds is 5. The SMILES string of the molecule is Cc1ccc(CNc2cnnc(Nc3ccccc3)n2)cc1. The molecule has 0 aliphatic carbocycles. The third-order valence-electron chi connectivity index (χ3n) is 3.18. The number of hydrogen-bond donors (Lipinski definition) is 2. The summed E-state index contributed by atoms with van der Waals surface area (Å²) in [6.45, 7) is 2.77. The zero-order valence-electron chi connectivity index (χ0n) is 12.3. The summed E-state index contributed by atoms with van der Waals surface area (Å²) in [5.74, 6) is 1.16. The summed E-state index contributed by atoms with van der Waals surface area (Å²) in [6, 6.07) is 18.2. The highest BCUT2D eigenvalue weighted by atomic mass is 15.3. The van der Waals surface area contributed by atoms with Gasteiger partial charge >= 0.3 is 0 Å². The van der Waals surface area contributed by atoms with Crippen LogP contribution < -0.4 is 10.6 Å². The summed E-state index contributed by atoms with van der Waals surface area (Å²) in [6.07, 6.45) is 1.62. The van der Waals surface area contributed by atoms with E-state index in [2.05, 4.69) is 57.0 Å². The number of aromatic nitrogens is 3. The molecule has 1 aromatic heterocycles. The monoisotopic (exact) mass is 291 g/mol. The van der Waals surface area contributed by atoms with E-state index >= 15 is 0 Å². The van der Waals surface area contributed by atoms with Gasteiger partial charge in [-0.2, -0.15) is 10.1 Å². The Kier molecular flexibility index (Phi) is 4.25. The fourth-order valence-corrected chi connectivity index (χ4v) is 1.99. The smallest absolute Gasteiger partial charge is 0.249 e. The van der Waals surface area contributed by atoms with Gasteiger partial charge in [-0.15, -0.1) is 5.10 Å². The molecule has 3 rings (SSSR count). The largest absolute Gasteiger partial charge is 0.365 e. The van der Waals surface area contributed by atoms with E-state index in [1.165, 1.54) is 11.1 Å². The van der Waals surface area contributed by atoms with E-state index < -0.39 is 0 Å². The highest BCUT2D eigenvalue weighted by Crippen LogP contribution is 2.13. The van der Waals surface area contributed by atoms with Crippen molar-refractivity contribution in [2.75, 3.05) is 10.6 Å². The van der Waals surface area contributed by atoms with Gasteiger partial charge in [0.1, 0.15) is 0 Å². The zero-order chi connectivity index (χ0) is 15.2. The predicted octanol–water partition coefficient (Wildman–Crippen LogP) is 3.54. The Morgan fingerprint density at radius 3 is 2.50 bits per heavy atom. The lowest BCUT2D eigenvalue weighted by atomic mass is 10.1. The van der Waals surface area contributed by atoms with Crippen LogP contribution in [0.15, 0.2) is 60.8 Å². The number of benzene rings is 2. The standard InChI is InChI=1S/C17H17N5/c1-13-7-9-14(10-8-13)11-18-16-12-19-22-17(21-16)20-15-5-3-2-4-6-15/h2-10,12H,11H2,1H3,(H2,18,20,21,22). The minimum Gasteiger partial charge on any atom is -0.365 e. The average Bonchev–Trinajstić information content (AvgIpc) is 2.56. The van der Waals surface area contributed by atoms with Gasteiger partial charge in [-0.1, -0.05) is 48.0 Å². The molecule has 0 unspecified atom stereocenters. The van der Waals surface area contributed by atoms with Gasteiger partial charge < -0.3 is 10.6 Å². The molecule has 0 atom stereocenters. The first-order valence-electron chi connectivity index (χ1n) is 7.11. The highest BCUT2D eigenvalue weighted by Gasteiger charge is 2.01. The summed E-state index contributed by atoms with van der Waals surface area (Å²) in [4.78, 5) is 4.40. The minimum absolute atomic E-state index is 0.472. The van der Waals surface area contributed by atoms with Crippen molar-refractivity contribution in [3.05, 3.63) is 71.9 Å². The van der Waals surface area contributed by atoms with Crippen molar-refractivity contribution in [1.29, 1.82) is 0 Å². The van der Waals surface area contributed by atoms with Gasteiger partial charge in [0, 0.05) is 12.2 Å². The Morgan fingerprint density at radius 1 is 0.955 bits per heavy atom. The molecular formula is C17H17N5. The van der Waals surface area contributed by atoms with Crippen molar-refractivity contribution in [2.45, 2.75) is 13.5 Å². The molecular weight excluding hydrogens is 274 g/mol. The second-order valence-electron chi connectivity index (χ2n) is 5.00. The fraction of sp³-hybridized carbons (Fsp3) is 0.118. The van der Waals surface area contributed by atoms with Gasteiger partial charge in [-0.05, 0) is 24.6 Å². The minimum atomic E-state index is 0.472. The predicted molar refractivity (Wildman–Crippen MR) is 88.1 cm³/mol. The normalized spacial score (nSPS) is 10.2. The van der Waals surface area contributed by atoms with Crippen LogP contribution in [0.5, 0.6) is 0 Å². The molecule has 0 saturated heterocycles. The van der Waals surface area contributed by atoms with Crippen molar-refractivity contribution >= 4 is 17.5 Å². The molecule has 5 nitrogen and oxygen atoms in total. The molecule has 2 aromatic carbocycles. The summed E-state index contributed by atoms with van der Waals surface area (Å²) < 4.78 is 0. The number of anilines is 3. The van der Waals surface area contributed by atoms with Crippen LogP contribution >= 0.6 is 0 Å². The van der Waals surface area contributed by atoms with Crippen LogP contribution in [0.1, 0.15) is 11.1 Å². The molecule has 1 heterocycles. The maximum absolute atomic E-state index is 4.40. The van der Waals surface area contributed by atoms with Gasteiger partial charge in [0.05, 0.1) is 6.20 Å². The van der Waals surface area contributed by atoms with Crippen molar-refractivity contribution in [2.24, 2.45) is 0 Å². The lowest BCUT2D eigenvalue weighted by Gasteiger charge is -2.08. The van der Waals surface area contributed by atoms with Gasteiger partial charge in [0.2, 0.25) is 5.95 Å². The van der Waals surface area contributed by atoms with Crippen LogP contribution in [0.3, 0.4) is 0 Å². The molecule has 0 saturated carbocycles. The second kappa shape index (κ2) is 6.67. The summed E-state index contributed by atoms with van der Waals surface area (Å²) >= 11 is 0. The molecule has 0 fully saturated rings. The molecule has 0 amide bonds. The zero-order valence-corrected chi connectivity index (χ0v) is 12.3. The van der Waals surface area contributed by atoms with E-state index in [1.54, 1.807) is 6.20 Å². The van der Waals surface area contributed by atoms with Crippen molar-refractivity contribution in [3.8, 4) is 0 Å². The van der Waals surface area contributed by atoms with Crippen LogP contribution in [-0.4, -0.2) is 15.2 Å². The molecule has 0 aliphatic heterocycles. The van der Waals surface area contributed by atoms with E-state index in [4.69, 9.17) is 0 Å². The van der Waals surface area contributed by atoms with E-state index in [0.717, 1.165) is 5.69 Å². The third kappa shape index (κ3) is 3.79. The third-order valence-corrected chi connectivity index (χ3v) is 3.18. The van der Waals surface area contributed by atoms with Crippen LogP contribution in [0.2, 0.25) is 0 Å². The quantitative estimate of drug-likeness (QED) is 0.753. The summed E-state index contributed by atoms with van der Waals surface area (Å²) in [5.41, 5.74) is 3.38. The van der Waals surface area contributed by atoms with Crippen molar-refractivity contribution in [1.82, 2.24) is 15.2 Å². The van der Waals surface area contributed by atoms with E-state index in [1.807, 2.05) is 30.3 Å². The van der Waals surface area contributed by atoms with Gasteiger partial charge in [-0.25, -0.2) is 0 Å². The van der Waals surface area contributed by atoms with E-state index in [9.17, 15) is 0 Å². The van der Waals surface area contributed by atoms with Gasteiger partial charge in [0.25, 0.3) is 0 Å². The maximum atomic E-state index is 4.40. The van der Waals surface area contributed by atoms with Crippen molar-refractivity contribution < 1.29 is 0 Å². The molecule has 2 N–H and O–H groups in total. The average molecular weight is 291 g/mol. The molecule has 0 bridgehead atoms. The molecule has 5 heteroatoms. The Morgan fingerprint density at radius 2 is 1.73 bits per heavy atom. The fourth-order valence-electron chi connectivity index (χ4n) is 1.99. The topological polar surface area (TPSA) is 62.7 Å². The number of hydrogen-bond acceptors (Lipinski definition) is 5. The summed E-state index contributed by atoms with van der Waals surface area (Å²) in [7, 11) is 0. The molecule has 0 spiro atoms. The number of aryl methyl sites for hydroxylation is 1. The first kappa shape index (κ1) is 14.0. The van der Waals surface area contributed by atoms with Gasteiger partial charge in [-0.3, -0.25) is 0 Å². The maximum Gasteiger partial charge on any atom is 0.249 e. The lowest BCUT2D eigenvalue weighted by Crippen LogP contribution is -2.05. The highest BCUT2D eigenvalue weighted by molar-refractivity contribution is 5.53. The number of para-hydroxylation sites is 1. The van der Waals surface area contributed by atoms with Crippen LogP contribution in [0, 0.1) is 6.92 Å². The molecule has 0 aliphatic rings. The number of nitrogens with one attached hydrogen (secondary N) is 2. The van der Waals surface area contributed by atoms with Crippen LogP contribution in [-0.2, 0) is 6.54 Å². The van der Waals surface area contributed by atoms with Crippen molar-refractivity contribution in [3.63, 3.8) is 0 Å². The van der Waals surface area contributed by atoms with Crippen LogP contribution in [0.25, 0.3) is 0 Å².